The summed E-state index contributed by atoms with van der Waals surface area (Å²) in [7, 11) is 0. The van der Waals surface area contributed by atoms with Crippen molar-refractivity contribution in [2.45, 2.75) is 32.5 Å². The molecule has 2 heterocycles. The smallest absolute Gasteiger partial charge is 0.263 e. The Morgan fingerprint density at radius 3 is 2.70 bits per heavy atom. The van der Waals surface area contributed by atoms with Crippen molar-refractivity contribution in [1.82, 2.24) is 14.9 Å². The van der Waals surface area contributed by atoms with E-state index in [1.165, 1.54) is 23.1 Å². The van der Waals surface area contributed by atoms with Crippen molar-refractivity contribution in [1.29, 1.82) is 0 Å². The number of thiophene rings is 1. The van der Waals surface area contributed by atoms with Gasteiger partial charge in [0.2, 0.25) is 5.91 Å². The highest BCUT2D eigenvalue weighted by Gasteiger charge is 2.17. The number of thioether (sulfide) groups is 1. The normalized spacial score (nSPS) is 11.3. The maximum atomic E-state index is 13.1. The van der Waals surface area contributed by atoms with E-state index in [0.29, 0.717) is 34.4 Å². The number of hydrogen-bond acceptors (Lipinski definition) is 5. The molecule has 0 aliphatic heterocycles. The highest BCUT2D eigenvalue weighted by atomic mass is 32.2. The number of nitrogens with one attached hydrogen (secondary N) is 1. The highest BCUT2D eigenvalue weighted by molar-refractivity contribution is 7.99. The molecular formula is C20H23N3O2S2. The molecule has 7 heteroatoms. The summed E-state index contributed by atoms with van der Waals surface area (Å²) in [6.45, 7) is 7.20. The molecule has 5 nitrogen and oxygen atoms in total. The van der Waals surface area contributed by atoms with E-state index in [9.17, 15) is 9.59 Å². The molecule has 0 bridgehead atoms. The van der Waals surface area contributed by atoms with E-state index >= 15 is 0 Å². The van der Waals surface area contributed by atoms with Gasteiger partial charge in [0.1, 0.15) is 4.83 Å². The number of carbonyl (C=O) groups excluding carboxylic acids is 1. The molecule has 0 fully saturated rings. The average molecular weight is 402 g/mol. The van der Waals surface area contributed by atoms with Crippen LogP contribution in [0, 0.1) is 5.92 Å². The SMILES string of the molecule is CCn1c(SCC(=O)NCC(C)C)nc2scc(-c3ccccc3)c2c1=O. The van der Waals surface area contributed by atoms with Gasteiger partial charge >= 0.3 is 0 Å². The molecule has 3 aromatic rings. The van der Waals surface area contributed by atoms with Gasteiger partial charge in [0.05, 0.1) is 11.1 Å². The van der Waals surface area contributed by atoms with E-state index in [0.717, 1.165) is 11.1 Å². The van der Waals surface area contributed by atoms with Gasteiger partial charge in [-0.25, -0.2) is 4.98 Å². The zero-order chi connectivity index (χ0) is 19.4. The fourth-order valence-corrected chi connectivity index (χ4v) is 4.61. The van der Waals surface area contributed by atoms with E-state index in [-0.39, 0.29) is 17.2 Å². The van der Waals surface area contributed by atoms with Crippen LogP contribution in [0.25, 0.3) is 21.3 Å². The molecule has 0 aliphatic rings. The summed E-state index contributed by atoms with van der Waals surface area (Å²) in [5.41, 5.74) is 1.88. The third-order valence-electron chi connectivity index (χ3n) is 4.10. The van der Waals surface area contributed by atoms with Crippen LogP contribution >= 0.6 is 23.1 Å². The molecule has 1 amide bonds. The molecule has 0 saturated heterocycles. The van der Waals surface area contributed by atoms with E-state index in [1.807, 2.05) is 42.6 Å². The van der Waals surface area contributed by atoms with Crippen molar-refractivity contribution < 1.29 is 4.79 Å². The van der Waals surface area contributed by atoms with Crippen LogP contribution in [-0.4, -0.2) is 27.8 Å². The summed E-state index contributed by atoms with van der Waals surface area (Å²) in [6.07, 6.45) is 0. The zero-order valence-electron chi connectivity index (χ0n) is 15.7. The third kappa shape index (κ3) is 4.42. The predicted molar refractivity (Wildman–Crippen MR) is 114 cm³/mol. The van der Waals surface area contributed by atoms with E-state index in [4.69, 9.17) is 0 Å². The predicted octanol–water partition coefficient (Wildman–Crippen LogP) is 4.01. The first-order valence-corrected chi connectivity index (χ1v) is 10.8. The first-order chi connectivity index (χ1) is 13.0. The second-order valence-corrected chi connectivity index (χ2v) is 8.43. The topological polar surface area (TPSA) is 64.0 Å². The molecule has 0 aliphatic carbocycles. The van der Waals surface area contributed by atoms with Crippen LogP contribution in [0.1, 0.15) is 20.8 Å². The highest BCUT2D eigenvalue weighted by Crippen LogP contribution is 2.32. The number of aromatic nitrogens is 2. The summed E-state index contributed by atoms with van der Waals surface area (Å²) in [5, 5.41) is 6.13. The Morgan fingerprint density at radius 1 is 1.30 bits per heavy atom. The third-order valence-corrected chi connectivity index (χ3v) is 5.95. The van der Waals surface area contributed by atoms with E-state index in [1.54, 1.807) is 4.57 Å². The maximum absolute atomic E-state index is 13.1. The number of benzene rings is 1. The molecule has 0 atom stereocenters. The Kier molecular flexibility index (Phi) is 6.34. The summed E-state index contributed by atoms with van der Waals surface area (Å²) >= 11 is 2.78. The van der Waals surface area contributed by atoms with Crippen LogP contribution in [0.15, 0.2) is 45.7 Å². The number of hydrogen-bond donors (Lipinski definition) is 1. The van der Waals surface area contributed by atoms with Crippen molar-refractivity contribution in [3.63, 3.8) is 0 Å². The zero-order valence-corrected chi connectivity index (χ0v) is 17.3. The lowest BCUT2D eigenvalue weighted by atomic mass is 10.1. The first kappa shape index (κ1) is 19.6. The van der Waals surface area contributed by atoms with Gasteiger partial charge in [0.15, 0.2) is 5.16 Å². The minimum Gasteiger partial charge on any atom is -0.355 e. The van der Waals surface area contributed by atoms with Crippen molar-refractivity contribution in [3.05, 3.63) is 46.1 Å². The number of fused-ring (bicyclic) bond motifs is 1. The maximum Gasteiger partial charge on any atom is 0.263 e. The standard InChI is InChI=1S/C20H23N3O2S2/c1-4-23-19(25)17-15(14-8-6-5-7-9-14)11-26-18(17)22-20(23)27-12-16(24)21-10-13(2)3/h5-9,11,13H,4,10,12H2,1-3H3,(H,21,24). The van der Waals surface area contributed by atoms with Crippen molar-refractivity contribution in [3.8, 4) is 11.1 Å². The molecule has 142 valence electrons. The van der Waals surface area contributed by atoms with Gasteiger partial charge in [-0.2, -0.15) is 0 Å². The number of rotatable bonds is 7. The monoisotopic (exact) mass is 401 g/mol. The van der Waals surface area contributed by atoms with Crippen LogP contribution in [0.2, 0.25) is 0 Å². The van der Waals surface area contributed by atoms with Gasteiger partial charge in [-0.3, -0.25) is 14.2 Å². The van der Waals surface area contributed by atoms with Gasteiger partial charge in [0.25, 0.3) is 5.56 Å². The molecule has 0 spiro atoms. The first-order valence-electron chi connectivity index (χ1n) is 8.98. The number of carbonyl (C=O) groups is 1. The number of amides is 1. The second-order valence-electron chi connectivity index (χ2n) is 6.63. The van der Waals surface area contributed by atoms with Crippen molar-refractivity contribution >= 4 is 39.2 Å². The van der Waals surface area contributed by atoms with Gasteiger partial charge in [-0.05, 0) is 18.4 Å². The van der Waals surface area contributed by atoms with E-state index < -0.39 is 0 Å². The molecule has 0 saturated carbocycles. The largest absolute Gasteiger partial charge is 0.355 e. The van der Waals surface area contributed by atoms with Crippen molar-refractivity contribution in [2.24, 2.45) is 5.92 Å². The molecule has 2 aromatic heterocycles. The Balaban J connectivity index is 1.92. The molecule has 1 aromatic carbocycles. The lowest BCUT2D eigenvalue weighted by Gasteiger charge is -2.11. The molecule has 1 N–H and O–H groups in total. The lowest BCUT2D eigenvalue weighted by molar-refractivity contribution is -0.118. The average Bonchev–Trinajstić information content (AvgIpc) is 3.09. The quantitative estimate of drug-likeness (QED) is 0.480. The fourth-order valence-electron chi connectivity index (χ4n) is 2.72. The summed E-state index contributed by atoms with van der Waals surface area (Å²) in [6, 6.07) is 9.88. The van der Waals surface area contributed by atoms with Crippen molar-refractivity contribution in [2.75, 3.05) is 12.3 Å². The summed E-state index contributed by atoms with van der Waals surface area (Å²) in [4.78, 5) is 30.5. The molecule has 0 radical (unpaired) electrons. The van der Waals surface area contributed by atoms with Crippen LogP contribution < -0.4 is 10.9 Å². The minimum atomic E-state index is -0.0484. The minimum absolute atomic E-state index is 0.0400. The van der Waals surface area contributed by atoms with Gasteiger partial charge in [0, 0.05) is 24.0 Å². The Labute approximate surface area is 166 Å². The van der Waals surface area contributed by atoms with Crippen LogP contribution in [0.3, 0.4) is 0 Å². The Bertz CT molecular complexity index is 994. The molecule has 0 unspecified atom stereocenters. The molecular weight excluding hydrogens is 378 g/mol. The Morgan fingerprint density at radius 2 is 2.04 bits per heavy atom. The Hall–Kier alpha value is -2.12. The van der Waals surface area contributed by atoms with E-state index in [2.05, 4.69) is 24.1 Å². The molecule has 27 heavy (non-hydrogen) atoms. The fraction of sp³-hybridized carbons (Fsp3) is 0.350. The lowest BCUT2D eigenvalue weighted by Crippen LogP contribution is -2.29. The van der Waals surface area contributed by atoms with Crippen LogP contribution in [-0.2, 0) is 11.3 Å². The number of nitrogens with zero attached hydrogens (tertiary/aromatic N) is 2. The second kappa shape index (κ2) is 8.71. The summed E-state index contributed by atoms with van der Waals surface area (Å²) in [5.74, 6) is 0.619. The van der Waals surface area contributed by atoms with Gasteiger partial charge in [-0.15, -0.1) is 11.3 Å². The van der Waals surface area contributed by atoms with Crippen LogP contribution in [0.4, 0.5) is 0 Å². The summed E-state index contributed by atoms with van der Waals surface area (Å²) < 4.78 is 1.65. The van der Waals surface area contributed by atoms with Gasteiger partial charge < -0.3 is 5.32 Å². The van der Waals surface area contributed by atoms with Gasteiger partial charge in [-0.1, -0.05) is 55.9 Å². The van der Waals surface area contributed by atoms with Crippen LogP contribution in [0.5, 0.6) is 0 Å². The molecule has 3 rings (SSSR count).